The van der Waals surface area contributed by atoms with Crippen LogP contribution in [0.25, 0.3) is 0 Å². The summed E-state index contributed by atoms with van der Waals surface area (Å²) < 4.78 is 35.4. The first-order valence-corrected chi connectivity index (χ1v) is 7.78. The SMILES string of the molecule is C=C(Cl)/C=N\C(=C\S(=O)(=O)N(C)C[C@H](CC)OC)OC. The fourth-order valence-corrected chi connectivity index (χ4v) is 2.26. The van der Waals surface area contributed by atoms with Gasteiger partial charge in [0.2, 0.25) is 15.9 Å². The molecule has 0 aliphatic heterocycles. The minimum atomic E-state index is -3.65. The lowest BCUT2D eigenvalue weighted by molar-refractivity contribution is 0.0862. The lowest BCUT2D eigenvalue weighted by Crippen LogP contribution is -2.34. The molecule has 0 aliphatic rings. The summed E-state index contributed by atoms with van der Waals surface area (Å²) in [6.45, 7) is 5.57. The van der Waals surface area contributed by atoms with E-state index < -0.39 is 10.0 Å². The van der Waals surface area contributed by atoms with Crippen molar-refractivity contribution in [3.8, 4) is 0 Å². The summed E-state index contributed by atoms with van der Waals surface area (Å²) in [7, 11) is 0.671. The van der Waals surface area contributed by atoms with Gasteiger partial charge in [-0.1, -0.05) is 25.1 Å². The van der Waals surface area contributed by atoms with Gasteiger partial charge in [0, 0.05) is 26.9 Å². The second-order valence-corrected chi connectivity index (χ2v) is 6.33. The second-order valence-electron chi connectivity index (χ2n) is 3.96. The van der Waals surface area contributed by atoms with Crippen LogP contribution < -0.4 is 0 Å². The van der Waals surface area contributed by atoms with Crippen molar-refractivity contribution in [2.45, 2.75) is 19.4 Å². The van der Waals surface area contributed by atoms with Crippen LogP contribution in [-0.2, 0) is 19.5 Å². The first-order chi connectivity index (χ1) is 9.26. The molecule has 0 aliphatic carbocycles. The molecule has 1 atom stereocenters. The predicted molar refractivity (Wildman–Crippen MR) is 81.2 cm³/mol. The molecule has 8 heteroatoms. The van der Waals surface area contributed by atoms with Crippen molar-refractivity contribution in [2.75, 3.05) is 27.8 Å². The van der Waals surface area contributed by atoms with Gasteiger partial charge in [-0.15, -0.1) is 0 Å². The van der Waals surface area contributed by atoms with Crippen molar-refractivity contribution in [2.24, 2.45) is 4.99 Å². The van der Waals surface area contributed by atoms with E-state index in [4.69, 9.17) is 21.1 Å². The maximum absolute atomic E-state index is 12.1. The van der Waals surface area contributed by atoms with Crippen LogP contribution in [0.1, 0.15) is 13.3 Å². The van der Waals surface area contributed by atoms with Gasteiger partial charge in [0.25, 0.3) is 0 Å². The third-order valence-electron chi connectivity index (χ3n) is 2.47. The van der Waals surface area contributed by atoms with Gasteiger partial charge in [-0.05, 0) is 6.42 Å². The van der Waals surface area contributed by atoms with E-state index >= 15 is 0 Å². The van der Waals surface area contributed by atoms with Crippen molar-refractivity contribution in [3.63, 3.8) is 0 Å². The zero-order valence-corrected chi connectivity index (χ0v) is 13.7. The molecule has 0 amide bonds. The average molecular weight is 325 g/mol. The molecule has 0 N–H and O–H groups in total. The number of hydrogen-bond donors (Lipinski definition) is 0. The molecule has 0 saturated heterocycles. The van der Waals surface area contributed by atoms with E-state index in [1.807, 2.05) is 6.92 Å². The van der Waals surface area contributed by atoms with Crippen LogP contribution in [0.3, 0.4) is 0 Å². The van der Waals surface area contributed by atoms with Crippen LogP contribution >= 0.6 is 11.6 Å². The topological polar surface area (TPSA) is 68.2 Å². The fourth-order valence-electron chi connectivity index (χ4n) is 1.24. The first kappa shape index (κ1) is 19.1. The van der Waals surface area contributed by atoms with E-state index in [9.17, 15) is 8.42 Å². The molecule has 0 unspecified atom stereocenters. The number of likely N-dealkylation sites (N-methyl/N-ethyl adjacent to an activating group) is 1. The Hall–Kier alpha value is -0.890. The number of hydrogen-bond acceptors (Lipinski definition) is 5. The number of rotatable bonds is 9. The van der Waals surface area contributed by atoms with Gasteiger partial charge in [-0.25, -0.2) is 13.4 Å². The van der Waals surface area contributed by atoms with Gasteiger partial charge < -0.3 is 9.47 Å². The predicted octanol–water partition coefficient (Wildman–Crippen LogP) is 1.94. The Labute approximate surface area is 125 Å². The standard InChI is InChI=1S/C12H21ClN2O4S/c1-6-11(18-4)8-15(3)20(16,17)9-12(19-5)14-7-10(2)13/h7,9,11H,2,6,8H2,1,3-5H3/b12-9-,14-7-/t11-/m0/s1. The van der Waals surface area contributed by atoms with E-state index in [1.165, 1.54) is 24.7 Å². The van der Waals surface area contributed by atoms with Gasteiger partial charge in [0.1, 0.15) is 5.41 Å². The number of sulfonamides is 1. The first-order valence-electron chi connectivity index (χ1n) is 5.90. The van der Waals surface area contributed by atoms with Gasteiger partial charge >= 0.3 is 0 Å². The number of allylic oxidation sites excluding steroid dienone is 1. The summed E-state index contributed by atoms with van der Waals surface area (Å²) in [6, 6.07) is 0. The van der Waals surface area contributed by atoms with Crippen molar-refractivity contribution in [3.05, 3.63) is 22.9 Å². The quantitative estimate of drug-likeness (QED) is 0.480. The molecule has 0 aromatic rings. The Kier molecular flexibility index (Phi) is 8.71. The summed E-state index contributed by atoms with van der Waals surface area (Å²) in [6.07, 6.45) is 1.75. The third kappa shape index (κ3) is 7.04. The Bertz CT molecular complexity index is 470. The van der Waals surface area contributed by atoms with Crippen LogP contribution in [0.15, 0.2) is 27.9 Å². The molecule has 0 bridgehead atoms. The molecule has 6 nitrogen and oxygen atoms in total. The molecule has 116 valence electrons. The summed E-state index contributed by atoms with van der Waals surface area (Å²) in [5.74, 6) is -0.0795. The molecule has 0 aromatic carbocycles. The average Bonchev–Trinajstić information content (AvgIpc) is 2.39. The zero-order valence-electron chi connectivity index (χ0n) is 12.2. The number of aliphatic imine (C=N–C) groups is 1. The Morgan fingerprint density at radius 2 is 2.10 bits per heavy atom. The highest BCUT2D eigenvalue weighted by atomic mass is 35.5. The van der Waals surface area contributed by atoms with Crippen LogP contribution in [0, 0.1) is 0 Å². The van der Waals surface area contributed by atoms with Gasteiger partial charge in [0.15, 0.2) is 0 Å². The second kappa shape index (κ2) is 9.12. The van der Waals surface area contributed by atoms with Gasteiger partial charge in [-0.2, -0.15) is 4.31 Å². The minimum absolute atomic E-state index is 0.0795. The number of halogens is 1. The van der Waals surface area contributed by atoms with E-state index in [0.717, 1.165) is 5.41 Å². The van der Waals surface area contributed by atoms with E-state index in [1.54, 1.807) is 7.11 Å². The minimum Gasteiger partial charge on any atom is -0.480 e. The van der Waals surface area contributed by atoms with Crippen LogP contribution in [0.2, 0.25) is 0 Å². The Balaban J connectivity index is 5.05. The summed E-state index contributed by atoms with van der Waals surface area (Å²) in [5.41, 5.74) is 0. The molecule has 0 heterocycles. The Morgan fingerprint density at radius 3 is 2.50 bits per heavy atom. The largest absolute Gasteiger partial charge is 0.480 e. The number of methoxy groups -OCH3 is 2. The molecule has 0 aromatic heterocycles. The van der Waals surface area contributed by atoms with Crippen LogP contribution in [0.4, 0.5) is 0 Å². The normalized spacial score (nSPS) is 14.8. The highest BCUT2D eigenvalue weighted by molar-refractivity contribution is 7.92. The molecule has 0 spiro atoms. The number of nitrogens with zero attached hydrogens (tertiary/aromatic N) is 2. The highest BCUT2D eigenvalue weighted by Crippen LogP contribution is 2.10. The smallest absolute Gasteiger partial charge is 0.241 e. The van der Waals surface area contributed by atoms with E-state index in [-0.39, 0.29) is 23.6 Å². The maximum Gasteiger partial charge on any atom is 0.241 e. The molecule has 20 heavy (non-hydrogen) atoms. The van der Waals surface area contributed by atoms with Gasteiger partial charge in [0.05, 0.1) is 18.2 Å². The maximum atomic E-state index is 12.1. The molecule has 0 saturated carbocycles. The van der Waals surface area contributed by atoms with Crippen LogP contribution in [0.5, 0.6) is 0 Å². The van der Waals surface area contributed by atoms with Crippen molar-refractivity contribution >= 4 is 27.8 Å². The lowest BCUT2D eigenvalue weighted by Gasteiger charge is -2.20. The van der Waals surface area contributed by atoms with Gasteiger partial charge in [-0.3, -0.25) is 0 Å². The molecular formula is C12H21ClN2O4S. The van der Waals surface area contributed by atoms with Crippen LogP contribution in [-0.4, -0.2) is 52.9 Å². The van der Waals surface area contributed by atoms with Crippen molar-refractivity contribution in [1.29, 1.82) is 0 Å². The van der Waals surface area contributed by atoms with E-state index in [2.05, 4.69) is 11.6 Å². The van der Waals surface area contributed by atoms with E-state index in [0.29, 0.717) is 6.42 Å². The number of ether oxygens (including phenoxy) is 2. The zero-order chi connectivity index (χ0) is 15.8. The highest BCUT2D eigenvalue weighted by Gasteiger charge is 2.20. The molecule has 0 radical (unpaired) electrons. The molecular weight excluding hydrogens is 304 g/mol. The summed E-state index contributed by atoms with van der Waals surface area (Å²) in [5, 5.41) is 1.09. The lowest BCUT2D eigenvalue weighted by atomic mass is 10.3. The molecule has 0 fully saturated rings. The summed E-state index contributed by atoms with van der Waals surface area (Å²) in [4.78, 5) is 3.77. The Morgan fingerprint density at radius 1 is 1.50 bits per heavy atom. The molecule has 0 rings (SSSR count). The fraction of sp³-hybridized carbons (Fsp3) is 0.583. The van der Waals surface area contributed by atoms with Crippen molar-refractivity contribution < 1.29 is 17.9 Å². The van der Waals surface area contributed by atoms with Crippen molar-refractivity contribution in [1.82, 2.24) is 4.31 Å². The summed E-state index contributed by atoms with van der Waals surface area (Å²) >= 11 is 5.52. The third-order valence-corrected chi connectivity index (χ3v) is 4.09. The monoisotopic (exact) mass is 324 g/mol.